The van der Waals surface area contributed by atoms with Crippen LogP contribution < -0.4 is 5.32 Å². The zero-order valence-electron chi connectivity index (χ0n) is 6.70. The first-order valence-electron chi connectivity index (χ1n) is 3.87. The first-order valence-corrected chi connectivity index (χ1v) is 3.87. The largest absolute Gasteiger partial charge is 0.328 e. The first-order chi connectivity index (χ1) is 5.75. The molecule has 0 spiro atoms. The lowest BCUT2D eigenvalue weighted by molar-refractivity contribution is -0.114. The zero-order chi connectivity index (χ0) is 8.55. The molecule has 1 heterocycles. The van der Waals surface area contributed by atoms with Crippen LogP contribution in [0.2, 0.25) is 0 Å². The molecule has 0 radical (unpaired) electrons. The predicted octanol–water partition coefficient (Wildman–Crippen LogP) is 0.905. The van der Waals surface area contributed by atoms with E-state index in [1.807, 2.05) is 0 Å². The molecule has 1 aliphatic rings. The Labute approximate surface area is 69.1 Å². The lowest BCUT2D eigenvalue weighted by Crippen LogP contribution is -2.05. The third kappa shape index (κ3) is 1.44. The van der Waals surface area contributed by atoms with Crippen LogP contribution in [0.3, 0.4) is 0 Å². The van der Waals surface area contributed by atoms with Gasteiger partial charge in [-0.05, 0) is 12.8 Å². The molecule has 0 unspecified atom stereocenters. The fourth-order valence-corrected chi connectivity index (χ4v) is 0.944. The van der Waals surface area contributed by atoms with Crippen LogP contribution in [-0.4, -0.2) is 16.0 Å². The van der Waals surface area contributed by atoms with E-state index in [1.165, 1.54) is 6.92 Å². The average Bonchev–Trinajstić information content (AvgIpc) is 2.73. The standard InChI is InChI=1S/C7H9N3O2/c1-4(11)8-7-9-6(10-12-7)5-2-3-5/h5H,2-3H2,1H3,(H,8,9,10,11). The number of aromatic nitrogens is 2. The number of carbonyl (C=O) groups is 1. The normalized spacial score (nSPS) is 16.1. The van der Waals surface area contributed by atoms with E-state index in [-0.39, 0.29) is 11.9 Å². The lowest BCUT2D eigenvalue weighted by atomic mass is 10.4. The summed E-state index contributed by atoms with van der Waals surface area (Å²) in [5.74, 6) is 0.969. The van der Waals surface area contributed by atoms with E-state index in [9.17, 15) is 4.79 Å². The van der Waals surface area contributed by atoms with Crippen molar-refractivity contribution >= 4 is 11.9 Å². The fourth-order valence-electron chi connectivity index (χ4n) is 0.944. The maximum absolute atomic E-state index is 10.6. The Kier molecular flexibility index (Phi) is 1.56. The number of anilines is 1. The minimum absolute atomic E-state index is 0.194. The van der Waals surface area contributed by atoms with Gasteiger partial charge in [-0.15, -0.1) is 0 Å². The average molecular weight is 167 g/mol. The van der Waals surface area contributed by atoms with Crippen LogP contribution in [0.15, 0.2) is 4.52 Å². The molecule has 5 heteroatoms. The van der Waals surface area contributed by atoms with E-state index in [2.05, 4.69) is 15.5 Å². The van der Waals surface area contributed by atoms with E-state index >= 15 is 0 Å². The summed E-state index contributed by atoms with van der Waals surface area (Å²) in [7, 11) is 0. The number of carbonyl (C=O) groups excluding carboxylic acids is 1. The van der Waals surface area contributed by atoms with Gasteiger partial charge in [-0.25, -0.2) is 0 Å². The number of amides is 1. The van der Waals surface area contributed by atoms with Crippen molar-refractivity contribution in [1.29, 1.82) is 0 Å². The summed E-state index contributed by atoms with van der Waals surface area (Å²) < 4.78 is 4.78. The molecule has 64 valence electrons. The first kappa shape index (κ1) is 7.27. The van der Waals surface area contributed by atoms with Crippen LogP contribution in [0.4, 0.5) is 6.01 Å². The highest BCUT2D eigenvalue weighted by molar-refractivity contribution is 5.86. The van der Waals surface area contributed by atoms with Crippen LogP contribution in [-0.2, 0) is 4.79 Å². The second-order valence-electron chi connectivity index (χ2n) is 2.91. The summed E-state index contributed by atoms with van der Waals surface area (Å²) >= 11 is 0. The van der Waals surface area contributed by atoms with Gasteiger partial charge in [0.25, 0.3) is 0 Å². The van der Waals surface area contributed by atoms with Crippen molar-refractivity contribution < 1.29 is 9.32 Å². The van der Waals surface area contributed by atoms with Gasteiger partial charge in [-0.1, -0.05) is 5.16 Å². The van der Waals surface area contributed by atoms with Crippen LogP contribution >= 0.6 is 0 Å². The van der Waals surface area contributed by atoms with Crippen molar-refractivity contribution in [3.05, 3.63) is 5.82 Å². The summed E-state index contributed by atoms with van der Waals surface area (Å²) in [6.07, 6.45) is 2.25. The molecule has 1 aromatic rings. The molecule has 1 aromatic heterocycles. The highest BCUT2D eigenvalue weighted by Gasteiger charge is 2.28. The molecule has 0 aromatic carbocycles. The van der Waals surface area contributed by atoms with Crippen molar-refractivity contribution in [3.63, 3.8) is 0 Å². The third-order valence-corrected chi connectivity index (χ3v) is 1.67. The Balaban J connectivity index is 2.07. The highest BCUT2D eigenvalue weighted by Crippen LogP contribution is 2.38. The molecule has 1 saturated carbocycles. The van der Waals surface area contributed by atoms with E-state index < -0.39 is 0 Å². The number of nitrogens with one attached hydrogen (secondary N) is 1. The second-order valence-corrected chi connectivity index (χ2v) is 2.91. The zero-order valence-corrected chi connectivity index (χ0v) is 6.70. The Bertz CT molecular complexity index is 303. The predicted molar refractivity (Wildman–Crippen MR) is 40.6 cm³/mol. The van der Waals surface area contributed by atoms with Crippen molar-refractivity contribution in [1.82, 2.24) is 10.1 Å². The van der Waals surface area contributed by atoms with Gasteiger partial charge in [0.15, 0.2) is 5.82 Å². The third-order valence-electron chi connectivity index (χ3n) is 1.67. The van der Waals surface area contributed by atoms with Gasteiger partial charge in [0, 0.05) is 12.8 Å². The summed E-state index contributed by atoms with van der Waals surface area (Å²) in [6, 6.07) is 0.199. The number of rotatable bonds is 2. The van der Waals surface area contributed by atoms with Crippen LogP contribution in [0, 0.1) is 0 Å². The molecule has 0 bridgehead atoms. The lowest BCUT2D eigenvalue weighted by Gasteiger charge is -1.88. The SMILES string of the molecule is CC(=O)Nc1nc(C2CC2)no1. The van der Waals surface area contributed by atoms with E-state index in [4.69, 9.17) is 4.52 Å². The van der Waals surface area contributed by atoms with Gasteiger partial charge in [-0.3, -0.25) is 10.1 Å². The van der Waals surface area contributed by atoms with Crippen molar-refractivity contribution in [2.24, 2.45) is 0 Å². The molecule has 5 nitrogen and oxygen atoms in total. The summed E-state index contributed by atoms with van der Waals surface area (Å²) in [4.78, 5) is 14.6. The maximum Gasteiger partial charge on any atom is 0.328 e. The van der Waals surface area contributed by atoms with Gasteiger partial charge in [0.2, 0.25) is 5.91 Å². The number of hydrogen-bond donors (Lipinski definition) is 1. The molecule has 0 atom stereocenters. The molecular formula is C7H9N3O2. The summed E-state index contributed by atoms with van der Waals surface area (Å²) in [6.45, 7) is 1.40. The molecule has 1 fully saturated rings. The topological polar surface area (TPSA) is 68.0 Å². The van der Waals surface area contributed by atoms with Gasteiger partial charge in [-0.2, -0.15) is 4.98 Å². The number of nitrogens with zero attached hydrogens (tertiary/aromatic N) is 2. The monoisotopic (exact) mass is 167 g/mol. The molecule has 1 aliphatic carbocycles. The van der Waals surface area contributed by atoms with Gasteiger partial charge >= 0.3 is 6.01 Å². The van der Waals surface area contributed by atoms with Crippen LogP contribution in [0.25, 0.3) is 0 Å². The van der Waals surface area contributed by atoms with E-state index in [1.54, 1.807) is 0 Å². The van der Waals surface area contributed by atoms with Gasteiger partial charge < -0.3 is 4.52 Å². The van der Waals surface area contributed by atoms with Crippen molar-refractivity contribution in [2.75, 3.05) is 5.32 Å². The Morgan fingerprint density at radius 3 is 3.00 bits per heavy atom. The quantitative estimate of drug-likeness (QED) is 0.710. The summed E-state index contributed by atoms with van der Waals surface area (Å²) in [5, 5.41) is 6.16. The van der Waals surface area contributed by atoms with E-state index in [0.29, 0.717) is 11.7 Å². The molecule has 0 aliphatic heterocycles. The molecule has 2 rings (SSSR count). The fraction of sp³-hybridized carbons (Fsp3) is 0.571. The van der Waals surface area contributed by atoms with E-state index in [0.717, 1.165) is 12.8 Å². The van der Waals surface area contributed by atoms with Gasteiger partial charge in [0.05, 0.1) is 0 Å². The smallest absolute Gasteiger partial charge is 0.315 e. The number of hydrogen-bond acceptors (Lipinski definition) is 4. The van der Waals surface area contributed by atoms with Crippen molar-refractivity contribution in [2.45, 2.75) is 25.7 Å². The Morgan fingerprint density at radius 1 is 1.67 bits per heavy atom. The van der Waals surface area contributed by atoms with Crippen LogP contribution in [0.5, 0.6) is 0 Å². The Morgan fingerprint density at radius 2 is 2.42 bits per heavy atom. The maximum atomic E-state index is 10.6. The van der Waals surface area contributed by atoms with Crippen LogP contribution in [0.1, 0.15) is 31.5 Å². The Hall–Kier alpha value is -1.39. The minimum Gasteiger partial charge on any atom is -0.315 e. The van der Waals surface area contributed by atoms with Crippen molar-refractivity contribution in [3.8, 4) is 0 Å². The molecular weight excluding hydrogens is 158 g/mol. The molecule has 1 N–H and O–H groups in total. The summed E-state index contributed by atoms with van der Waals surface area (Å²) in [5.41, 5.74) is 0. The highest BCUT2D eigenvalue weighted by atomic mass is 16.5. The minimum atomic E-state index is -0.194. The van der Waals surface area contributed by atoms with Gasteiger partial charge in [0.1, 0.15) is 0 Å². The molecule has 1 amide bonds. The molecule has 0 saturated heterocycles. The second kappa shape index (κ2) is 2.58. The molecule has 12 heavy (non-hydrogen) atoms.